The lowest BCUT2D eigenvalue weighted by Crippen LogP contribution is -2.13. The number of phenols is 1. The molecule has 0 saturated carbocycles. The maximum Gasteiger partial charge on any atom is 0.200 e. The molecule has 0 fully saturated rings. The van der Waals surface area contributed by atoms with E-state index in [0.717, 1.165) is 0 Å². The molecule has 24 heavy (non-hydrogen) atoms. The summed E-state index contributed by atoms with van der Waals surface area (Å²) in [6, 6.07) is 8.80. The normalized spacial score (nSPS) is 11.4. The average Bonchev–Trinajstić information content (AvgIpc) is 2.52. The minimum atomic E-state index is -0.361. The highest BCUT2D eigenvalue weighted by Gasteiger charge is 2.18. The van der Waals surface area contributed by atoms with E-state index >= 15 is 0 Å². The predicted molar refractivity (Wildman–Crippen MR) is 91.7 cm³/mol. The van der Waals surface area contributed by atoms with Crippen molar-refractivity contribution in [1.29, 1.82) is 0 Å². The summed E-state index contributed by atoms with van der Waals surface area (Å²) in [4.78, 5) is 14.8. The Balaban J connectivity index is 2.31. The van der Waals surface area contributed by atoms with Crippen molar-refractivity contribution in [3.05, 3.63) is 63.8 Å². The van der Waals surface area contributed by atoms with Gasteiger partial charge in [-0.3, -0.25) is 4.79 Å². The Kier molecular flexibility index (Phi) is 4.11. The molecule has 0 aliphatic rings. The number of hydrogen-bond donors (Lipinski definition) is 1. The number of rotatable bonds is 3. The number of benzene rings is 2. The first kappa shape index (κ1) is 16.2. The van der Waals surface area contributed by atoms with Crippen LogP contribution >= 0.6 is 0 Å². The molecule has 4 nitrogen and oxygen atoms in total. The molecule has 0 saturated heterocycles. The summed E-state index contributed by atoms with van der Waals surface area (Å²) in [6.45, 7) is 2.14. The summed E-state index contributed by atoms with van der Waals surface area (Å²) in [5, 5.41) is 10.5. The maximum atomic E-state index is 13.1. The van der Waals surface area contributed by atoms with Gasteiger partial charge in [-0.15, -0.1) is 0 Å². The van der Waals surface area contributed by atoms with E-state index in [1.165, 1.54) is 18.2 Å². The summed E-state index contributed by atoms with van der Waals surface area (Å²) < 4.78 is 19.0. The Labute approximate surface area is 138 Å². The molecule has 2 aromatic carbocycles. The van der Waals surface area contributed by atoms with Crippen LogP contribution in [0, 0.1) is 12.7 Å². The molecule has 5 heteroatoms. The smallest absolute Gasteiger partial charge is 0.200 e. The van der Waals surface area contributed by atoms with Crippen LogP contribution in [0.25, 0.3) is 22.1 Å². The van der Waals surface area contributed by atoms with Crippen molar-refractivity contribution in [1.82, 2.24) is 4.90 Å². The lowest BCUT2D eigenvalue weighted by atomic mass is 10.0. The van der Waals surface area contributed by atoms with Crippen LogP contribution in [0.1, 0.15) is 11.3 Å². The zero-order valence-corrected chi connectivity index (χ0v) is 13.8. The second-order valence-electron chi connectivity index (χ2n) is 6.05. The topological polar surface area (TPSA) is 53.7 Å². The molecule has 3 aromatic rings. The number of nitrogens with zero attached hydrogens (tertiary/aromatic N) is 1. The third kappa shape index (κ3) is 2.78. The van der Waals surface area contributed by atoms with Gasteiger partial charge in [-0.05, 0) is 50.8 Å². The van der Waals surface area contributed by atoms with Gasteiger partial charge in [0.25, 0.3) is 0 Å². The van der Waals surface area contributed by atoms with E-state index in [4.69, 9.17) is 4.42 Å². The van der Waals surface area contributed by atoms with Crippen molar-refractivity contribution >= 4 is 11.0 Å². The van der Waals surface area contributed by atoms with Gasteiger partial charge >= 0.3 is 0 Å². The quantitative estimate of drug-likeness (QED) is 0.797. The van der Waals surface area contributed by atoms with Crippen LogP contribution in [0.3, 0.4) is 0 Å². The largest absolute Gasteiger partial charge is 0.507 e. The summed E-state index contributed by atoms with van der Waals surface area (Å²) in [5.41, 5.74) is 1.77. The highest BCUT2D eigenvalue weighted by molar-refractivity contribution is 5.86. The predicted octanol–water partition coefficient (Wildman–Crippen LogP) is 3.67. The standard InChI is InChI=1S/C19H18FNO3/c1-11-17(12-4-6-13(20)7-5-12)18(23)14-8-9-16(22)15(10-21(2)3)19(14)24-11/h4-9,22H,10H2,1-3H3. The number of fused-ring (bicyclic) bond motifs is 1. The molecule has 0 aliphatic carbocycles. The van der Waals surface area contributed by atoms with Crippen molar-refractivity contribution in [3.63, 3.8) is 0 Å². The van der Waals surface area contributed by atoms with Gasteiger partial charge in [0.05, 0.1) is 16.5 Å². The number of halogens is 1. The fraction of sp³-hybridized carbons (Fsp3) is 0.211. The Morgan fingerprint density at radius 1 is 1.12 bits per heavy atom. The van der Waals surface area contributed by atoms with Gasteiger partial charge in [0, 0.05) is 6.54 Å². The van der Waals surface area contributed by atoms with Gasteiger partial charge in [0.1, 0.15) is 22.9 Å². The van der Waals surface area contributed by atoms with Crippen molar-refractivity contribution in [2.24, 2.45) is 0 Å². The first-order valence-electron chi connectivity index (χ1n) is 7.57. The molecule has 0 atom stereocenters. The molecule has 3 rings (SSSR count). The number of phenolic OH excluding ortho intramolecular Hbond substituents is 1. The van der Waals surface area contributed by atoms with E-state index in [-0.39, 0.29) is 17.0 Å². The molecule has 0 aliphatic heterocycles. The minimum Gasteiger partial charge on any atom is -0.507 e. The fourth-order valence-electron chi connectivity index (χ4n) is 2.83. The van der Waals surface area contributed by atoms with Crippen molar-refractivity contribution in [2.45, 2.75) is 13.5 Å². The summed E-state index contributed by atoms with van der Waals surface area (Å²) in [7, 11) is 3.74. The molecule has 0 radical (unpaired) electrons. The summed E-state index contributed by atoms with van der Waals surface area (Å²) >= 11 is 0. The van der Waals surface area contributed by atoms with Crippen molar-refractivity contribution < 1.29 is 13.9 Å². The molecular weight excluding hydrogens is 309 g/mol. The number of aryl methyl sites for hydroxylation is 1. The van der Waals surface area contributed by atoms with Crippen LogP contribution < -0.4 is 5.43 Å². The van der Waals surface area contributed by atoms with Crippen LogP contribution in [-0.4, -0.2) is 24.1 Å². The first-order valence-corrected chi connectivity index (χ1v) is 7.57. The van der Waals surface area contributed by atoms with Crippen LogP contribution in [0.2, 0.25) is 0 Å². The lowest BCUT2D eigenvalue weighted by Gasteiger charge is -2.14. The molecule has 0 bridgehead atoms. The first-order chi connectivity index (χ1) is 11.4. The highest BCUT2D eigenvalue weighted by Crippen LogP contribution is 2.30. The van der Waals surface area contributed by atoms with Crippen LogP contribution in [0.4, 0.5) is 4.39 Å². The summed E-state index contributed by atoms with van der Waals surface area (Å²) in [6.07, 6.45) is 0. The molecule has 1 aromatic heterocycles. The zero-order valence-electron chi connectivity index (χ0n) is 13.8. The van der Waals surface area contributed by atoms with Crippen LogP contribution in [0.15, 0.2) is 45.6 Å². The van der Waals surface area contributed by atoms with Gasteiger partial charge in [-0.2, -0.15) is 0 Å². The highest BCUT2D eigenvalue weighted by atomic mass is 19.1. The molecule has 0 amide bonds. The third-order valence-electron chi connectivity index (χ3n) is 3.92. The second kappa shape index (κ2) is 6.09. The van der Waals surface area contributed by atoms with E-state index in [2.05, 4.69) is 0 Å². The van der Waals surface area contributed by atoms with Gasteiger partial charge < -0.3 is 14.4 Å². The Hall–Kier alpha value is -2.66. The lowest BCUT2D eigenvalue weighted by molar-refractivity contribution is 0.383. The van der Waals surface area contributed by atoms with E-state index < -0.39 is 0 Å². The van der Waals surface area contributed by atoms with Gasteiger partial charge in [-0.25, -0.2) is 4.39 Å². The molecular formula is C19H18FNO3. The van der Waals surface area contributed by atoms with E-state index in [0.29, 0.717) is 40.0 Å². The number of aromatic hydroxyl groups is 1. The molecule has 1 N–H and O–H groups in total. The second-order valence-corrected chi connectivity index (χ2v) is 6.05. The van der Waals surface area contributed by atoms with Crippen molar-refractivity contribution in [2.75, 3.05) is 14.1 Å². The Bertz CT molecular complexity index is 959. The molecule has 0 unspecified atom stereocenters. The van der Waals surface area contributed by atoms with Crippen LogP contribution in [-0.2, 0) is 6.54 Å². The number of hydrogen-bond acceptors (Lipinski definition) is 4. The Morgan fingerprint density at radius 3 is 2.42 bits per heavy atom. The maximum absolute atomic E-state index is 13.1. The molecule has 1 heterocycles. The third-order valence-corrected chi connectivity index (χ3v) is 3.92. The summed E-state index contributed by atoms with van der Waals surface area (Å²) in [5.74, 6) is 0.165. The monoisotopic (exact) mass is 327 g/mol. The zero-order chi connectivity index (χ0) is 17.4. The van der Waals surface area contributed by atoms with E-state index in [1.807, 2.05) is 19.0 Å². The van der Waals surface area contributed by atoms with E-state index in [9.17, 15) is 14.3 Å². The minimum absolute atomic E-state index is 0.0910. The average molecular weight is 327 g/mol. The fourth-order valence-corrected chi connectivity index (χ4v) is 2.83. The van der Waals surface area contributed by atoms with Crippen molar-refractivity contribution in [3.8, 4) is 16.9 Å². The van der Waals surface area contributed by atoms with Gasteiger partial charge in [0.2, 0.25) is 5.43 Å². The van der Waals surface area contributed by atoms with Gasteiger partial charge in [0.15, 0.2) is 0 Å². The van der Waals surface area contributed by atoms with Crippen LogP contribution in [0.5, 0.6) is 5.75 Å². The van der Waals surface area contributed by atoms with E-state index in [1.54, 1.807) is 25.1 Å². The molecule has 0 spiro atoms. The SMILES string of the molecule is Cc1oc2c(CN(C)C)c(O)ccc2c(=O)c1-c1ccc(F)cc1. The molecule has 124 valence electrons. The van der Waals surface area contributed by atoms with Gasteiger partial charge in [-0.1, -0.05) is 12.1 Å². The Morgan fingerprint density at radius 2 is 1.79 bits per heavy atom.